The molecule has 1 fully saturated rings. The summed E-state index contributed by atoms with van der Waals surface area (Å²) in [4.78, 5) is 12.0. The minimum Gasteiger partial charge on any atom is -0.486 e. The molecule has 1 amide bonds. The van der Waals surface area contributed by atoms with Crippen molar-refractivity contribution in [1.82, 2.24) is 10.6 Å². The van der Waals surface area contributed by atoms with Crippen molar-refractivity contribution < 1.29 is 14.3 Å². The molecule has 2 N–H and O–H groups in total. The second kappa shape index (κ2) is 5.89. The summed E-state index contributed by atoms with van der Waals surface area (Å²) in [6, 6.07) is 3.68. The molecule has 3 rings (SSSR count). The van der Waals surface area contributed by atoms with E-state index in [0.717, 1.165) is 25.1 Å². The van der Waals surface area contributed by atoms with E-state index in [1.54, 1.807) is 0 Å². The third kappa shape index (κ3) is 2.83. The first kappa shape index (κ1) is 13.5. The first-order valence-corrected chi connectivity index (χ1v) is 7.18. The predicted octanol–water partition coefficient (Wildman–Crippen LogP) is 1.34. The Hall–Kier alpha value is -1.46. The number of amides is 1. The minimum atomic E-state index is 0.0719. The summed E-state index contributed by atoms with van der Waals surface area (Å²) in [5.74, 6) is 1.40. The molecule has 20 heavy (non-hydrogen) atoms. The standard InChI is InChI=1S/C14H17ClN2O3/c15-11-5-9(6-12-13(11)20-4-3-19-12)7-17-14(18)10-1-2-16-8-10/h5-6,10,16H,1-4,7-8H2,(H,17,18). The molecule has 2 heterocycles. The van der Waals surface area contributed by atoms with Crippen LogP contribution in [0.4, 0.5) is 0 Å². The van der Waals surface area contributed by atoms with Crippen LogP contribution in [-0.4, -0.2) is 32.2 Å². The van der Waals surface area contributed by atoms with Crippen LogP contribution in [0.3, 0.4) is 0 Å². The highest BCUT2D eigenvalue weighted by atomic mass is 35.5. The Morgan fingerprint density at radius 2 is 2.25 bits per heavy atom. The Balaban J connectivity index is 1.65. The molecule has 1 aromatic carbocycles. The van der Waals surface area contributed by atoms with Gasteiger partial charge in [0.25, 0.3) is 0 Å². The zero-order valence-corrected chi connectivity index (χ0v) is 11.8. The van der Waals surface area contributed by atoms with Crippen LogP contribution in [-0.2, 0) is 11.3 Å². The molecule has 0 bridgehead atoms. The molecule has 0 aliphatic carbocycles. The van der Waals surface area contributed by atoms with E-state index in [1.807, 2.05) is 12.1 Å². The number of hydrogen-bond donors (Lipinski definition) is 2. The molecular formula is C14H17ClN2O3. The van der Waals surface area contributed by atoms with Crippen molar-refractivity contribution in [2.45, 2.75) is 13.0 Å². The Kier molecular flexibility index (Phi) is 3.98. The minimum absolute atomic E-state index is 0.0719. The van der Waals surface area contributed by atoms with Crippen LogP contribution >= 0.6 is 11.6 Å². The number of carbonyl (C=O) groups excluding carboxylic acids is 1. The number of hydrogen-bond acceptors (Lipinski definition) is 4. The van der Waals surface area contributed by atoms with Crippen LogP contribution in [0.1, 0.15) is 12.0 Å². The smallest absolute Gasteiger partial charge is 0.224 e. The molecule has 0 aromatic heterocycles. The zero-order valence-electron chi connectivity index (χ0n) is 11.1. The number of halogens is 1. The Labute approximate surface area is 122 Å². The number of rotatable bonds is 3. The Morgan fingerprint density at radius 1 is 1.40 bits per heavy atom. The van der Waals surface area contributed by atoms with Gasteiger partial charge in [-0.1, -0.05) is 11.6 Å². The van der Waals surface area contributed by atoms with E-state index in [1.165, 1.54) is 0 Å². The monoisotopic (exact) mass is 296 g/mol. The van der Waals surface area contributed by atoms with Crippen molar-refractivity contribution in [3.05, 3.63) is 22.7 Å². The lowest BCUT2D eigenvalue weighted by Crippen LogP contribution is -2.31. The summed E-state index contributed by atoms with van der Waals surface area (Å²) in [6.45, 7) is 3.15. The van der Waals surface area contributed by atoms with Crippen LogP contribution in [0.2, 0.25) is 5.02 Å². The van der Waals surface area contributed by atoms with Crippen LogP contribution < -0.4 is 20.1 Å². The molecule has 0 spiro atoms. The molecule has 1 saturated heterocycles. The molecule has 1 atom stereocenters. The molecule has 5 nitrogen and oxygen atoms in total. The first-order chi connectivity index (χ1) is 9.74. The maximum Gasteiger partial charge on any atom is 0.224 e. The van der Waals surface area contributed by atoms with E-state index in [4.69, 9.17) is 21.1 Å². The van der Waals surface area contributed by atoms with Gasteiger partial charge < -0.3 is 20.1 Å². The fraction of sp³-hybridized carbons (Fsp3) is 0.500. The number of benzene rings is 1. The summed E-state index contributed by atoms with van der Waals surface area (Å²) >= 11 is 6.16. The van der Waals surface area contributed by atoms with E-state index in [2.05, 4.69) is 10.6 Å². The molecule has 6 heteroatoms. The highest BCUT2D eigenvalue weighted by molar-refractivity contribution is 6.32. The summed E-state index contributed by atoms with van der Waals surface area (Å²) in [6.07, 6.45) is 0.897. The van der Waals surface area contributed by atoms with Gasteiger partial charge in [0.15, 0.2) is 11.5 Å². The van der Waals surface area contributed by atoms with Crippen molar-refractivity contribution >= 4 is 17.5 Å². The van der Waals surface area contributed by atoms with Gasteiger partial charge in [-0.15, -0.1) is 0 Å². The quantitative estimate of drug-likeness (QED) is 0.884. The number of nitrogens with one attached hydrogen (secondary N) is 2. The highest BCUT2D eigenvalue weighted by Crippen LogP contribution is 2.38. The molecule has 1 unspecified atom stereocenters. The number of carbonyl (C=O) groups is 1. The summed E-state index contributed by atoms with van der Waals surface area (Å²) < 4.78 is 11.0. The normalized spacial score (nSPS) is 20.8. The van der Waals surface area contributed by atoms with Crippen LogP contribution in [0.5, 0.6) is 11.5 Å². The van der Waals surface area contributed by atoms with E-state index in [-0.39, 0.29) is 11.8 Å². The van der Waals surface area contributed by atoms with E-state index < -0.39 is 0 Å². The first-order valence-electron chi connectivity index (χ1n) is 6.80. The van der Waals surface area contributed by atoms with Gasteiger partial charge in [0.1, 0.15) is 13.2 Å². The van der Waals surface area contributed by atoms with Gasteiger partial charge in [-0.05, 0) is 30.7 Å². The molecule has 1 aromatic rings. The average molecular weight is 297 g/mol. The Bertz CT molecular complexity index is 515. The largest absolute Gasteiger partial charge is 0.486 e. The second-order valence-electron chi connectivity index (χ2n) is 5.01. The maximum absolute atomic E-state index is 12.0. The van der Waals surface area contributed by atoms with Gasteiger partial charge in [0.05, 0.1) is 10.9 Å². The van der Waals surface area contributed by atoms with E-state index in [0.29, 0.717) is 36.3 Å². The Morgan fingerprint density at radius 3 is 3.05 bits per heavy atom. The van der Waals surface area contributed by atoms with Crippen molar-refractivity contribution in [3.8, 4) is 11.5 Å². The van der Waals surface area contributed by atoms with Gasteiger partial charge >= 0.3 is 0 Å². The van der Waals surface area contributed by atoms with Crippen molar-refractivity contribution in [1.29, 1.82) is 0 Å². The molecule has 108 valence electrons. The van der Waals surface area contributed by atoms with Crippen molar-refractivity contribution in [2.75, 3.05) is 26.3 Å². The topological polar surface area (TPSA) is 59.6 Å². The third-order valence-electron chi connectivity index (χ3n) is 3.55. The van der Waals surface area contributed by atoms with E-state index >= 15 is 0 Å². The molecule has 0 radical (unpaired) electrons. The molecule has 2 aliphatic heterocycles. The SMILES string of the molecule is O=C(NCc1cc(Cl)c2c(c1)OCCO2)C1CCNC1. The number of fused-ring (bicyclic) bond motifs is 1. The lowest BCUT2D eigenvalue weighted by Gasteiger charge is -2.20. The van der Waals surface area contributed by atoms with Gasteiger partial charge in [-0.3, -0.25) is 4.79 Å². The van der Waals surface area contributed by atoms with Crippen molar-refractivity contribution in [2.24, 2.45) is 5.92 Å². The summed E-state index contributed by atoms with van der Waals surface area (Å²) in [5, 5.41) is 6.65. The van der Waals surface area contributed by atoms with Crippen LogP contribution in [0.25, 0.3) is 0 Å². The lowest BCUT2D eigenvalue weighted by atomic mass is 10.1. The summed E-state index contributed by atoms with van der Waals surface area (Å²) in [7, 11) is 0. The second-order valence-corrected chi connectivity index (χ2v) is 5.42. The molecule has 0 saturated carbocycles. The van der Waals surface area contributed by atoms with Gasteiger partial charge in [-0.25, -0.2) is 0 Å². The van der Waals surface area contributed by atoms with Gasteiger partial charge in [0, 0.05) is 13.1 Å². The average Bonchev–Trinajstić information content (AvgIpc) is 2.99. The fourth-order valence-electron chi connectivity index (χ4n) is 2.48. The maximum atomic E-state index is 12.0. The van der Waals surface area contributed by atoms with Gasteiger partial charge in [0.2, 0.25) is 5.91 Å². The fourth-order valence-corrected chi connectivity index (χ4v) is 2.77. The molecule has 2 aliphatic rings. The predicted molar refractivity (Wildman–Crippen MR) is 75.3 cm³/mol. The lowest BCUT2D eigenvalue weighted by molar-refractivity contribution is -0.124. The summed E-state index contributed by atoms with van der Waals surface area (Å²) in [5.41, 5.74) is 0.915. The van der Waals surface area contributed by atoms with Crippen LogP contribution in [0, 0.1) is 5.92 Å². The van der Waals surface area contributed by atoms with Crippen molar-refractivity contribution in [3.63, 3.8) is 0 Å². The van der Waals surface area contributed by atoms with E-state index in [9.17, 15) is 4.79 Å². The van der Waals surface area contributed by atoms with Crippen LogP contribution in [0.15, 0.2) is 12.1 Å². The highest BCUT2D eigenvalue weighted by Gasteiger charge is 2.22. The van der Waals surface area contributed by atoms with Gasteiger partial charge in [-0.2, -0.15) is 0 Å². The number of ether oxygens (including phenoxy) is 2. The molecular weight excluding hydrogens is 280 g/mol. The third-order valence-corrected chi connectivity index (χ3v) is 3.84. The zero-order chi connectivity index (χ0) is 13.9.